The molecular formula is C14H13ClN2O2S2. The van der Waals surface area contributed by atoms with Crippen LogP contribution in [-0.2, 0) is 4.74 Å². The Balaban J connectivity index is 2.53. The number of carbonyl (C=O) groups is 1. The molecule has 0 amide bonds. The second kappa shape index (κ2) is 7.06. The first-order chi connectivity index (χ1) is 10.1. The van der Waals surface area contributed by atoms with Gasteiger partial charge in [0.2, 0.25) is 0 Å². The van der Waals surface area contributed by atoms with Crippen LogP contribution >= 0.6 is 35.6 Å². The number of aromatic nitrogens is 2. The van der Waals surface area contributed by atoms with E-state index in [1.165, 1.54) is 11.8 Å². The molecule has 0 bridgehead atoms. The van der Waals surface area contributed by atoms with Gasteiger partial charge in [-0.1, -0.05) is 23.8 Å². The number of hydrogen-bond donors (Lipinski definition) is 1. The Hall–Kier alpha value is -1.37. The fourth-order valence-corrected chi connectivity index (χ4v) is 2.77. The molecule has 7 heteroatoms. The van der Waals surface area contributed by atoms with Gasteiger partial charge in [-0.3, -0.25) is 0 Å². The summed E-state index contributed by atoms with van der Waals surface area (Å²) in [7, 11) is 0. The van der Waals surface area contributed by atoms with Crippen molar-refractivity contribution in [2.45, 2.75) is 11.9 Å². The second-order valence-corrected chi connectivity index (χ2v) is 5.67. The molecule has 110 valence electrons. The Morgan fingerprint density at radius 1 is 1.43 bits per heavy atom. The fourth-order valence-electron chi connectivity index (χ4n) is 1.73. The van der Waals surface area contributed by atoms with Crippen molar-refractivity contribution in [3.8, 4) is 11.4 Å². The molecular weight excluding hydrogens is 328 g/mol. The normalized spacial score (nSPS) is 10.4. The van der Waals surface area contributed by atoms with E-state index in [4.69, 9.17) is 28.6 Å². The van der Waals surface area contributed by atoms with Crippen molar-refractivity contribution in [2.24, 2.45) is 0 Å². The molecule has 0 aliphatic heterocycles. The lowest BCUT2D eigenvalue weighted by Gasteiger charge is -2.09. The van der Waals surface area contributed by atoms with Crippen LogP contribution in [0.3, 0.4) is 0 Å². The number of benzene rings is 1. The van der Waals surface area contributed by atoms with Gasteiger partial charge in [0.25, 0.3) is 0 Å². The van der Waals surface area contributed by atoms with Crippen LogP contribution in [-0.4, -0.2) is 28.8 Å². The maximum Gasteiger partial charge on any atom is 0.343 e. The van der Waals surface area contributed by atoms with Crippen LogP contribution < -0.4 is 0 Å². The van der Waals surface area contributed by atoms with Gasteiger partial charge in [-0.05, 0) is 37.4 Å². The first-order valence-electron chi connectivity index (χ1n) is 6.18. The molecule has 4 nitrogen and oxygen atoms in total. The van der Waals surface area contributed by atoms with E-state index >= 15 is 0 Å². The van der Waals surface area contributed by atoms with E-state index in [1.54, 1.807) is 19.1 Å². The summed E-state index contributed by atoms with van der Waals surface area (Å²) in [4.78, 5) is 19.4. The van der Waals surface area contributed by atoms with Gasteiger partial charge >= 0.3 is 5.97 Å². The molecule has 0 aliphatic carbocycles. The summed E-state index contributed by atoms with van der Waals surface area (Å²) in [6.45, 7) is 2.04. The number of ether oxygens (including phenoxy) is 1. The molecule has 1 heterocycles. The zero-order valence-corrected chi connectivity index (χ0v) is 13.9. The number of carbonyl (C=O) groups excluding carboxylic acids is 1. The van der Waals surface area contributed by atoms with E-state index in [0.29, 0.717) is 32.7 Å². The number of hydrogen-bond acceptors (Lipinski definition) is 5. The van der Waals surface area contributed by atoms with Gasteiger partial charge < -0.3 is 9.72 Å². The number of nitrogens with one attached hydrogen (secondary N) is 1. The van der Waals surface area contributed by atoms with Crippen molar-refractivity contribution in [1.82, 2.24) is 9.97 Å². The van der Waals surface area contributed by atoms with E-state index in [0.717, 1.165) is 5.56 Å². The molecule has 0 saturated heterocycles. The number of thioether (sulfide) groups is 1. The highest BCUT2D eigenvalue weighted by Crippen LogP contribution is 2.24. The van der Waals surface area contributed by atoms with Gasteiger partial charge in [-0.15, -0.1) is 11.8 Å². The van der Waals surface area contributed by atoms with Crippen molar-refractivity contribution in [2.75, 3.05) is 12.9 Å². The van der Waals surface area contributed by atoms with E-state index in [1.807, 2.05) is 18.4 Å². The first-order valence-corrected chi connectivity index (χ1v) is 8.19. The molecule has 0 fully saturated rings. The van der Waals surface area contributed by atoms with E-state index < -0.39 is 5.97 Å². The summed E-state index contributed by atoms with van der Waals surface area (Å²) < 4.78 is 5.33. The average molecular weight is 341 g/mol. The number of rotatable bonds is 4. The van der Waals surface area contributed by atoms with Gasteiger partial charge in [-0.2, -0.15) is 0 Å². The zero-order chi connectivity index (χ0) is 15.4. The molecule has 0 saturated carbocycles. The van der Waals surface area contributed by atoms with Gasteiger partial charge in [0.1, 0.15) is 21.1 Å². The minimum Gasteiger partial charge on any atom is -0.462 e. The highest BCUT2D eigenvalue weighted by Gasteiger charge is 2.18. The number of esters is 1. The lowest BCUT2D eigenvalue weighted by Crippen LogP contribution is -2.10. The topological polar surface area (TPSA) is 55.0 Å². The zero-order valence-electron chi connectivity index (χ0n) is 11.5. The fraction of sp³-hybridized carbons (Fsp3) is 0.214. The Labute approximate surface area is 136 Å². The standard InChI is InChI=1S/C14H13ClN2O2S2/c1-3-19-14(18)10-12(20)16-11(17-13(10)21-2)8-4-6-9(15)7-5-8/h4-7H,3H2,1-2H3,(H,16,17,20). The predicted molar refractivity (Wildman–Crippen MR) is 87.6 cm³/mol. The third kappa shape index (κ3) is 3.64. The Kier molecular flexibility index (Phi) is 5.39. The molecule has 21 heavy (non-hydrogen) atoms. The lowest BCUT2D eigenvalue weighted by molar-refractivity contribution is 0.0520. The molecule has 0 aliphatic rings. The molecule has 0 spiro atoms. The molecule has 0 unspecified atom stereocenters. The van der Waals surface area contributed by atoms with Crippen LogP contribution in [0.2, 0.25) is 5.02 Å². The summed E-state index contributed by atoms with van der Waals surface area (Å²) in [5, 5.41) is 1.19. The van der Waals surface area contributed by atoms with Crippen LogP contribution in [0.5, 0.6) is 0 Å². The maximum atomic E-state index is 12.0. The lowest BCUT2D eigenvalue weighted by atomic mass is 10.2. The summed E-state index contributed by atoms with van der Waals surface area (Å²) in [6.07, 6.45) is 1.84. The average Bonchev–Trinajstić information content (AvgIpc) is 2.47. The molecule has 2 rings (SSSR count). The quantitative estimate of drug-likeness (QED) is 0.388. The number of aromatic amines is 1. The summed E-state index contributed by atoms with van der Waals surface area (Å²) >= 11 is 12.5. The smallest absolute Gasteiger partial charge is 0.343 e. The van der Waals surface area contributed by atoms with Crippen molar-refractivity contribution in [3.05, 3.63) is 39.5 Å². The van der Waals surface area contributed by atoms with Gasteiger partial charge in [0, 0.05) is 10.6 Å². The second-order valence-electron chi connectivity index (χ2n) is 4.03. The molecule has 1 N–H and O–H groups in total. The van der Waals surface area contributed by atoms with E-state index in [-0.39, 0.29) is 0 Å². The third-order valence-electron chi connectivity index (χ3n) is 2.68. The Morgan fingerprint density at radius 2 is 2.10 bits per heavy atom. The van der Waals surface area contributed by atoms with Crippen LogP contribution in [0.25, 0.3) is 11.4 Å². The summed E-state index contributed by atoms with van der Waals surface area (Å²) in [5.41, 5.74) is 1.15. The van der Waals surface area contributed by atoms with Crippen LogP contribution in [0.15, 0.2) is 29.3 Å². The summed E-state index contributed by atoms with van der Waals surface area (Å²) in [5.74, 6) is 0.132. The van der Waals surface area contributed by atoms with Crippen LogP contribution in [0, 0.1) is 4.64 Å². The van der Waals surface area contributed by atoms with E-state index in [9.17, 15) is 4.79 Å². The highest BCUT2D eigenvalue weighted by molar-refractivity contribution is 7.98. The highest BCUT2D eigenvalue weighted by atomic mass is 35.5. The number of halogens is 1. The van der Waals surface area contributed by atoms with Crippen molar-refractivity contribution >= 4 is 41.6 Å². The number of nitrogens with zero attached hydrogens (tertiary/aromatic N) is 1. The van der Waals surface area contributed by atoms with Gasteiger partial charge in [0.15, 0.2) is 0 Å². The molecule has 1 aromatic carbocycles. The van der Waals surface area contributed by atoms with Crippen molar-refractivity contribution in [3.63, 3.8) is 0 Å². The molecule has 0 atom stereocenters. The monoisotopic (exact) mass is 340 g/mol. The van der Waals surface area contributed by atoms with Gasteiger partial charge in [-0.25, -0.2) is 9.78 Å². The SMILES string of the molecule is CCOC(=O)c1c(SC)nc(-c2ccc(Cl)cc2)[nH]c1=S. The molecule has 0 radical (unpaired) electrons. The predicted octanol–water partition coefficient (Wildman–Crippen LogP) is 4.36. The maximum absolute atomic E-state index is 12.0. The van der Waals surface area contributed by atoms with Crippen molar-refractivity contribution < 1.29 is 9.53 Å². The minimum absolute atomic E-state index is 0.292. The third-order valence-corrected chi connectivity index (χ3v) is 3.92. The van der Waals surface area contributed by atoms with E-state index in [2.05, 4.69) is 9.97 Å². The van der Waals surface area contributed by atoms with Gasteiger partial charge in [0.05, 0.1) is 6.61 Å². The Bertz CT molecular complexity index is 714. The minimum atomic E-state index is -0.460. The van der Waals surface area contributed by atoms with Crippen LogP contribution in [0.1, 0.15) is 17.3 Å². The van der Waals surface area contributed by atoms with Crippen molar-refractivity contribution in [1.29, 1.82) is 0 Å². The molecule has 2 aromatic rings. The Morgan fingerprint density at radius 3 is 2.67 bits per heavy atom. The van der Waals surface area contributed by atoms with Crippen LogP contribution in [0.4, 0.5) is 0 Å². The molecule has 1 aromatic heterocycles. The summed E-state index contributed by atoms with van der Waals surface area (Å²) in [6, 6.07) is 7.22. The largest absolute Gasteiger partial charge is 0.462 e. The first kappa shape index (κ1) is 16.0. The number of H-pyrrole nitrogens is 1.